The Balaban J connectivity index is 0.00000338. The van der Waals surface area contributed by atoms with Gasteiger partial charge in [0.05, 0.1) is 0 Å². The second-order valence-corrected chi connectivity index (χ2v) is 9.19. The zero-order valence-electron chi connectivity index (χ0n) is 12.5. The third-order valence-electron chi connectivity index (χ3n) is 3.28. The summed E-state index contributed by atoms with van der Waals surface area (Å²) < 4.78 is 99.0. The summed E-state index contributed by atoms with van der Waals surface area (Å²) in [4.78, 5) is -4.38. The maximum absolute atomic E-state index is 11.8. The fourth-order valence-corrected chi connectivity index (χ4v) is 6.20. The van der Waals surface area contributed by atoms with Crippen molar-refractivity contribution in [2.24, 2.45) is 0 Å². The van der Waals surface area contributed by atoms with E-state index < -0.39 is 50.6 Å². The number of rotatable bonds is 4. The Bertz CT molecular complexity index is 1230. The molecule has 0 aliphatic rings. The zero-order chi connectivity index (χ0) is 19.4. The molecule has 0 spiro atoms. The fraction of sp³-hybridized carbons (Fsp3) is 0.0769. The van der Waals surface area contributed by atoms with Gasteiger partial charge >= 0.3 is 37.7 Å². The van der Waals surface area contributed by atoms with Gasteiger partial charge in [-0.3, -0.25) is 13.7 Å². The van der Waals surface area contributed by atoms with E-state index in [1.165, 1.54) is 25.1 Å². The van der Waals surface area contributed by atoms with Crippen molar-refractivity contribution < 1.29 is 38.9 Å². The number of allylic oxidation sites excluding steroid dienone is 1. The van der Waals surface area contributed by atoms with Crippen LogP contribution in [0.3, 0.4) is 0 Å². The van der Waals surface area contributed by atoms with E-state index in [1.54, 1.807) is 0 Å². The minimum absolute atomic E-state index is 0. The second-order valence-electron chi connectivity index (χ2n) is 5.11. The predicted molar refractivity (Wildman–Crippen MR) is 96.6 cm³/mol. The Kier molecular flexibility index (Phi) is 6.72. The summed E-state index contributed by atoms with van der Waals surface area (Å²) in [7, 11) is -16.2. The first-order chi connectivity index (χ1) is 11.2. The quantitative estimate of drug-likeness (QED) is 0.449. The molecule has 140 valence electrons. The summed E-state index contributed by atoms with van der Waals surface area (Å²) in [6, 6.07) is 5.05. The van der Waals surface area contributed by atoms with E-state index in [1.807, 2.05) is 0 Å². The van der Waals surface area contributed by atoms with Crippen molar-refractivity contribution in [3.05, 3.63) is 36.4 Å². The molecule has 0 atom stereocenters. The molecule has 26 heavy (non-hydrogen) atoms. The molecule has 2 aromatic carbocycles. The van der Waals surface area contributed by atoms with Crippen molar-refractivity contribution in [3.8, 4) is 0 Å². The SMILES string of the molecule is C=C(C)c1c(S(=O)(=O)O)c(S(=O)(=O)O)c(S(=O)(=O)O)c2ccccc12.[CaH2]. The predicted octanol–water partition coefficient (Wildman–Crippen LogP) is 0.697. The van der Waals surface area contributed by atoms with Crippen LogP contribution in [0.25, 0.3) is 16.3 Å². The van der Waals surface area contributed by atoms with Gasteiger partial charge in [0.1, 0.15) is 14.7 Å². The monoisotopic (exact) mass is 450 g/mol. The normalized spacial score (nSPS) is 12.6. The zero-order valence-corrected chi connectivity index (χ0v) is 15.0. The van der Waals surface area contributed by atoms with Crippen molar-refractivity contribution >= 4 is 84.4 Å². The Morgan fingerprint density at radius 2 is 1.15 bits per heavy atom. The molecule has 0 unspecified atom stereocenters. The fourth-order valence-electron chi connectivity index (χ4n) is 2.52. The Morgan fingerprint density at radius 1 is 0.769 bits per heavy atom. The molecule has 9 nitrogen and oxygen atoms in total. The third kappa shape index (κ3) is 4.29. The first kappa shape index (κ1) is 23.5. The number of hydrogen-bond donors (Lipinski definition) is 3. The molecular formula is C13H14CaO9S3. The molecule has 0 aromatic heterocycles. The minimum atomic E-state index is -5.50. The summed E-state index contributed by atoms with van der Waals surface area (Å²) in [5.74, 6) is 0. The molecule has 2 aromatic rings. The van der Waals surface area contributed by atoms with Gasteiger partial charge in [-0.2, -0.15) is 25.3 Å². The third-order valence-corrected chi connectivity index (χ3v) is 6.33. The van der Waals surface area contributed by atoms with Crippen molar-refractivity contribution in [2.75, 3.05) is 0 Å². The summed E-state index contributed by atoms with van der Waals surface area (Å²) >= 11 is 0. The topological polar surface area (TPSA) is 163 Å². The van der Waals surface area contributed by atoms with Crippen molar-refractivity contribution in [1.29, 1.82) is 0 Å². The summed E-state index contributed by atoms with van der Waals surface area (Å²) in [6.45, 7) is 4.79. The standard InChI is InChI=1S/C13H12O9S3.Ca.2H/c1-7(2)10-8-5-3-4-6-9(8)11(23(14,15)16)13(25(20,21)22)12(10)24(17,18)19;;;/h3-6H,1H2,2H3,(H,14,15,16)(H,17,18,19)(H,20,21,22);;;. The van der Waals surface area contributed by atoms with Gasteiger partial charge in [0.15, 0.2) is 0 Å². The molecule has 0 heterocycles. The molecule has 0 fully saturated rings. The van der Waals surface area contributed by atoms with Crippen LogP contribution in [0.2, 0.25) is 0 Å². The van der Waals surface area contributed by atoms with Crippen LogP contribution < -0.4 is 0 Å². The molecule has 0 saturated heterocycles. The van der Waals surface area contributed by atoms with Crippen LogP contribution in [-0.2, 0) is 30.4 Å². The van der Waals surface area contributed by atoms with Crippen LogP contribution in [0.15, 0.2) is 45.5 Å². The Labute approximate surface area is 180 Å². The van der Waals surface area contributed by atoms with Crippen molar-refractivity contribution in [1.82, 2.24) is 0 Å². The maximum atomic E-state index is 11.8. The van der Waals surface area contributed by atoms with Gasteiger partial charge in [0.2, 0.25) is 0 Å². The average molecular weight is 451 g/mol. The van der Waals surface area contributed by atoms with Gasteiger partial charge in [-0.05, 0) is 17.9 Å². The molecule has 0 saturated carbocycles. The first-order valence-corrected chi connectivity index (χ1v) is 10.7. The molecule has 0 aliphatic carbocycles. The van der Waals surface area contributed by atoms with Gasteiger partial charge < -0.3 is 0 Å². The summed E-state index contributed by atoms with van der Waals surface area (Å²) in [5.41, 5.74) is -0.436. The van der Waals surface area contributed by atoms with Crippen LogP contribution in [0.1, 0.15) is 12.5 Å². The van der Waals surface area contributed by atoms with Gasteiger partial charge in [-0.25, -0.2) is 0 Å². The summed E-state index contributed by atoms with van der Waals surface area (Å²) in [6.07, 6.45) is 0. The van der Waals surface area contributed by atoms with E-state index in [-0.39, 0.29) is 54.1 Å². The van der Waals surface area contributed by atoms with Gasteiger partial charge in [0.25, 0.3) is 30.4 Å². The molecule has 2 rings (SSSR count). The van der Waals surface area contributed by atoms with Crippen LogP contribution in [0, 0.1) is 0 Å². The van der Waals surface area contributed by atoms with E-state index in [0.29, 0.717) is 0 Å². The first-order valence-electron chi connectivity index (χ1n) is 6.34. The van der Waals surface area contributed by atoms with Crippen molar-refractivity contribution in [2.45, 2.75) is 21.6 Å². The van der Waals surface area contributed by atoms with Crippen LogP contribution in [-0.4, -0.2) is 76.6 Å². The molecular weight excluding hydrogens is 436 g/mol. The van der Waals surface area contributed by atoms with Crippen molar-refractivity contribution in [3.63, 3.8) is 0 Å². The Hall–Kier alpha value is -0.570. The molecule has 0 bridgehead atoms. The van der Waals surface area contributed by atoms with Gasteiger partial charge in [0, 0.05) is 10.9 Å². The van der Waals surface area contributed by atoms with Crippen LogP contribution in [0.5, 0.6) is 0 Å². The Morgan fingerprint density at radius 3 is 1.50 bits per heavy atom. The van der Waals surface area contributed by atoms with E-state index in [9.17, 15) is 38.9 Å². The van der Waals surface area contributed by atoms with E-state index in [4.69, 9.17) is 0 Å². The second kappa shape index (κ2) is 7.45. The average Bonchev–Trinajstić information content (AvgIpc) is 2.41. The molecule has 13 heteroatoms. The van der Waals surface area contributed by atoms with E-state index in [2.05, 4.69) is 6.58 Å². The molecule has 0 radical (unpaired) electrons. The summed E-state index contributed by atoms with van der Waals surface area (Å²) in [5, 5.41) is -0.481. The van der Waals surface area contributed by atoms with E-state index >= 15 is 0 Å². The number of fused-ring (bicyclic) bond motifs is 1. The number of hydrogen-bond acceptors (Lipinski definition) is 6. The molecule has 3 N–H and O–H groups in total. The van der Waals surface area contributed by atoms with Gasteiger partial charge in [-0.1, -0.05) is 30.8 Å². The number of benzene rings is 2. The van der Waals surface area contributed by atoms with Gasteiger partial charge in [-0.15, -0.1) is 0 Å². The van der Waals surface area contributed by atoms with E-state index in [0.717, 1.165) is 6.07 Å². The van der Waals surface area contributed by atoms with Crippen LogP contribution in [0.4, 0.5) is 0 Å². The molecule has 0 amide bonds. The van der Waals surface area contributed by atoms with Crippen LogP contribution >= 0.6 is 0 Å². The molecule has 0 aliphatic heterocycles.